The monoisotopic (exact) mass is 468 g/mol. The summed E-state index contributed by atoms with van der Waals surface area (Å²) in [5.41, 5.74) is 1.14. The first-order chi connectivity index (χ1) is 14.4. The molecule has 1 aliphatic heterocycles. The summed E-state index contributed by atoms with van der Waals surface area (Å²) in [6, 6.07) is 12.1. The Morgan fingerprint density at radius 3 is 2.17 bits per heavy atom. The van der Waals surface area contributed by atoms with E-state index in [9.17, 15) is 9.59 Å². The van der Waals surface area contributed by atoms with Gasteiger partial charge in [0.25, 0.3) is 0 Å². The number of rotatable bonds is 7. The van der Waals surface area contributed by atoms with Crippen LogP contribution in [-0.2, 0) is 9.59 Å². The van der Waals surface area contributed by atoms with E-state index in [4.69, 9.17) is 34.8 Å². The Bertz CT molecular complexity index is 902. The Morgan fingerprint density at radius 1 is 0.800 bits per heavy atom. The molecule has 2 N–H and O–H groups in total. The van der Waals surface area contributed by atoms with Crippen LogP contribution in [0.4, 0.5) is 11.4 Å². The van der Waals surface area contributed by atoms with Crippen molar-refractivity contribution in [2.75, 3.05) is 49.9 Å². The lowest BCUT2D eigenvalue weighted by molar-refractivity contribution is -0.117. The maximum absolute atomic E-state index is 12.3. The number of halogens is 3. The summed E-state index contributed by atoms with van der Waals surface area (Å²) in [6.45, 7) is 4.07. The fourth-order valence-electron chi connectivity index (χ4n) is 3.19. The smallest absolute Gasteiger partial charge is 0.238 e. The molecule has 0 aliphatic carbocycles. The third kappa shape index (κ3) is 6.86. The van der Waals surface area contributed by atoms with Gasteiger partial charge in [0, 0.05) is 44.2 Å². The standard InChI is InChI=1S/C21H23Cl3N4O2/c22-15-5-6-17(24)19(13-15)26-20(29)7-8-27-9-11-28(12-10-27)14-21(30)25-18-4-2-1-3-16(18)23/h1-6,13H,7-12,14H2,(H,25,30)(H,26,29). The van der Waals surface area contributed by atoms with E-state index in [1.54, 1.807) is 30.3 Å². The molecule has 1 heterocycles. The average Bonchev–Trinajstić information content (AvgIpc) is 2.72. The Labute approximate surface area is 191 Å². The van der Waals surface area contributed by atoms with Gasteiger partial charge in [0.05, 0.1) is 28.0 Å². The normalized spacial score (nSPS) is 15.0. The number of hydrogen-bond donors (Lipinski definition) is 2. The summed E-state index contributed by atoms with van der Waals surface area (Å²) < 4.78 is 0. The average molecular weight is 470 g/mol. The van der Waals surface area contributed by atoms with E-state index in [1.165, 1.54) is 0 Å². The van der Waals surface area contributed by atoms with Crippen molar-refractivity contribution in [3.8, 4) is 0 Å². The van der Waals surface area contributed by atoms with Gasteiger partial charge in [0.1, 0.15) is 0 Å². The largest absolute Gasteiger partial charge is 0.325 e. The lowest BCUT2D eigenvalue weighted by Crippen LogP contribution is -2.49. The van der Waals surface area contributed by atoms with Gasteiger partial charge in [-0.2, -0.15) is 0 Å². The molecule has 1 saturated heterocycles. The lowest BCUT2D eigenvalue weighted by atomic mass is 10.2. The Kier molecular flexibility index (Phi) is 8.36. The molecule has 0 radical (unpaired) electrons. The number of piperazine rings is 1. The molecular formula is C21H23Cl3N4O2. The summed E-state index contributed by atoms with van der Waals surface area (Å²) in [5.74, 6) is -0.199. The number of carbonyl (C=O) groups is 2. The number of nitrogens with one attached hydrogen (secondary N) is 2. The topological polar surface area (TPSA) is 64.7 Å². The number of para-hydroxylation sites is 1. The van der Waals surface area contributed by atoms with Crippen molar-refractivity contribution in [3.63, 3.8) is 0 Å². The summed E-state index contributed by atoms with van der Waals surface area (Å²) >= 11 is 18.1. The first-order valence-corrected chi connectivity index (χ1v) is 10.8. The van der Waals surface area contributed by atoms with Gasteiger partial charge >= 0.3 is 0 Å². The van der Waals surface area contributed by atoms with Crippen LogP contribution in [0.25, 0.3) is 0 Å². The maximum Gasteiger partial charge on any atom is 0.238 e. The summed E-state index contributed by atoms with van der Waals surface area (Å²) in [5, 5.41) is 7.13. The van der Waals surface area contributed by atoms with E-state index in [0.717, 1.165) is 26.2 Å². The van der Waals surface area contributed by atoms with Gasteiger partial charge < -0.3 is 15.5 Å². The van der Waals surface area contributed by atoms with Crippen LogP contribution in [0.2, 0.25) is 15.1 Å². The van der Waals surface area contributed by atoms with Gasteiger partial charge in [-0.1, -0.05) is 46.9 Å². The number of anilines is 2. The molecule has 3 rings (SSSR count). The second kappa shape index (κ2) is 11.0. The molecule has 0 aromatic heterocycles. The third-order valence-corrected chi connectivity index (χ3v) is 5.73. The minimum absolute atomic E-state index is 0.0886. The Morgan fingerprint density at radius 2 is 1.43 bits per heavy atom. The molecule has 30 heavy (non-hydrogen) atoms. The highest BCUT2D eigenvalue weighted by atomic mass is 35.5. The summed E-state index contributed by atoms with van der Waals surface area (Å²) in [6.07, 6.45) is 0.357. The molecule has 1 fully saturated rings. The minimum atomic E-state index is -0.110. The maximum atomic E-state index is 12.3. The van der Waals surface area contributed by atoms with Crippen LogP contribution >= 0.6 is 34.8 Å². The fourth-order valence-corrected chi connectivity index (χ4v) is 3.71. The molecule has 1 aliphatic rings. The van der Waals surface area contributed by atoms with Crippen LogP contribution in [0.5, 0.6) is 0 Å². The zero-order valence-corrected chi connectivity index (χ0v) is 18.6. The number of hydrogen-bond acceptors (Lipinski definition) is 4. The van der Waals surface area contributed by atoms with Gasteiger partial charge in [0.2, 0.25) is 11.8 Å². The molecule has 160 valence electrons. The van der Waals surface area contributed by atoms with Gasteiger partial charge in [-0.15, -0.1) is 0 Å². The lowest BCUT2D eigenvalue weighted by Gasteiger charge is -2.34. The van der Waals surface area contributed by atoms with Crippen molar-refractivity contribution >= 4 is 58.0 Å². The number of amides is 2. The van der Waals surface area contributed by atoms with Gasteiger partial charge in [-0.05, 0) is 30.3 Å². The first-order valence-electron chi connectivity index (χ1n) is 9.65. The molecule has 2 amide bonds. The zero-order chi connectivity index (χ0) is 21.5. The van der Waals surface area contributed by atoms with E-state index in [2.05, 4.69) is 20.4 Å². The molecule has 9 heteroatoms. The van der Waals surface area contributed by atoms with Gasteiger partial charge in [0.15, 0.2) is 0 Å². The van der Waals surface area contributed by atoms with Crippen molar-refractivity contribution in [3.05, 3.63) is 57.5 Å². The van der Waals surface area contributed by atoms with E-state index >= 15 is 0 Å². The van der Waals surface area contributed by atoms with Crippen molar-refractivity contribution in [2.45, 2.75) is 6.42 Å². The third-order valence-electron chi connectivity index (χ3n) is 4.84. The van der Waals surface area contributed by atoms with Crippen LogP contribution in [0, 0.1) is 0 Å². The molecule has 2 aromatic carbocycles. The van der Waals surface area contributed by atoms with Gasteiger partial charge in [-0.3, -0.25) is 14.5 Å². The van der Waals surface area contributed by atoms with Crippen LogP contribution < -0.4 is 10.6 Å². The van der Waals surface area contributed by atoms with Crippen molar-refractivity contribution in [2.24, 2.45) is 0 Å². The Balaban J connectivity index is 1.37. The first kappa shape index (κ1) is 22.8. The quantitative estimate of drug-likeness (QED) is 0.637. The number of benzene rings is 2. The SMILES string of the molecule is O=C(CCN1CCN(CC(=O)Nc2ccccc2Cl)CC1)Nc1cc(Cl)ccc1Cl. The fraction of sp³-hybridized carbons (Fsp3) is 0.333. The summed E-state index contributed by atoms with van der Waals surface area (Å²) in [4.78, 5) is 28.8. The van der Waals surface area contributed by atoms with Crippen LogP contribution in [0.3, 0.4) is 0 Å². The van der Waals surface area contributed by atoms with E-state index in [-0.39, 0.29) is 11.8 Å². The number of nitrogens with zero attached hydrogens (tertiary/aromatic N) is 2. The molecule has 2 aromatic rings. The zero-order valence-electron chi connectivity index (χ0n) is 16.3. The predicted molar refractivity (Wildman–Crippen MR) is 123 cm³/mol. The molecular weight excluding hydrogens is 447 g/mol. The summed E-state index contributed by atoms with van der Waals surface area (Å²) in [7, 11) is 0. The van der Waals surface area contributed by atoms with Gasteiger partial charge in [-0.25, -0.2) is 0 Å². The van der Waals surface area contributed by atoms with Crippen LogP contribution in [-0.4, -0.2) is 60.9 Å². The molecule has 0 atom stereocenters. The van der Waals surface area contributed by atoms with Crippen molar-refractivity contribution < 1.29 is 9.59 Å². The van der Waals surface area contributed by atoms with Crippen molar-refractivity contribution in [1.29, 1.82) is 0 Å². The second-order valence-electron chi connectivity index (χ2n) is 7.07. The highest BCUT2D eigenvalue weighted by molar-refractivity contribution is 6.35. The highest BCUT2D eigenvalue weighted by Crippen LogP contribution is 2.25. The molecule has 0 bridgehead atoms. The van der Waals surface area contributed by atoms with E-state index in [0.29, 0.717) is 46.0 Å². The Hall–Kier alpha value is -1.83. The molecule has 0 spiro atoms. The second-order valence-corrected chi connectivity index (χ2v) is 8.32. The number of carbonyl (C=O) groups excluding carboxylic acids is 2. The van der Waals surface area contributed by atoms with E-state index in [1.807, 2.05) is 12.1 Å². The highest BCUT2D eigenvalue weighted by Gasteiger charge is 2.20. The molecule has 6 nitrogen and oxygen atoms in total. The minimum Gasteiger partial charge on any atom is -0.325 e. The van der Waals surface area contributed by atoms with Crippen LogP contribution in [0.1, 0.15) is 6.42 Å². The predicted octanol–water partition coefficient (Wildman–Crippen LogP) is 4.23. The molecule has 0 unspecified atom stereocenters. The molecule has 0 saturated carbocycles. The van der Waals surface area contributed by atoms with E-state index < -0.39 is 0 Å². The van der Waals surface area contributed by atoms with Crippen molar-refractivity contribution in [1.82, 2.24) is 9.80 Å². The van der Waals surface area contributed by atoms with Crippen LogP contribution in [0.15, 0.2) is 42.5 Å².